The van der Waals surface area contributed by atoms with Crippen molar-refractivity contribution in [2.45, 2.75) is 39.2 Å². The summed E-state index contributed by atoms with van der Waals surface area (Å²) in [4.78, 5) is 4.88. The molecule has 0 saturated carbocycles. The molecule has 0 spiro atoms. The molecule has 0 fully saturated rings. The molecular weight excluding hydrogens is 514 g/mol. The Balaban J connectivity index is 1.67. The van der Waals surface area contributed by atoms with E-state index < -0.39 is 14.4 Å². The van der Waals surface area contributed by atoms with E-state index in [0.717, 1.165) is 33.4 Å². The van der Waals surface area contributed by atoms with Gasteiger partial charge in [-0.15, -0.1) is 5.10 Å². The van der Waals surface area contributed by atoms with Gasteiger partial charge in [0.1, 0.15) is 5.52 Å². The van der Waals surface area contributed by atoms with Gasteiger partial charge in [0.05, 0.1) is 18.8 Å². The molecule has 1 atom stereocenters. The monoisotopic (exact) mass is 541 g/mol. The summed E-state index contributed by atoms with van der Waals surface area (Å²) in [5, 5.41) is 24.1. The van der Waals surface area contributed by atoms with Crippen LogP contribution in [0.25, 0.3) is 33.4 Å². The topological polar surface area (TPSA) is 94.4 Å². The van der Waals surface area contributed by atoms with Crippen molar-refractivity contribution >= 4 is 31.1 Å². The van der Waals surface area contributed by atoms with Crippen molar-refractivity contribution in [3.05, 3.63) is 82.8 Å². The minimum atomic E-state index is -2.05. The van der Waals surface area contributed by atoms with Crippen molar-refractivity contribution < 1.29 is 4.43 Å². The molecule has 0 radical (unpaired) electrons. The molecule has 0 N–H and O–H groups in total. The highest BCUT2D eigenvalue weighted by Crippen LogP contribution is 2.38. The zero-order valence-corrected chi connectivity index (χ0v) is 23.7. The summed E-state index contributed by atoms with van der Waals surface area (Å²) in [6.07, 6.45) is 2.98. The highest BCUT2D eigenvalue weighted by molar-refractivity contribution is 6.69. The maximum absolute atomic E-state index is 10.2. The van der Waals surface area contributed by atoms with Crippen LogP contribution in [0.1, 0.15) is 22.9 Å². The second kappa shape index (κ2) is 10.1. The SMILES string of the molecule is Cc1nc2c(nnn2Cc2cnn(C)c2)c(-c2ccc(-c3ccc(Cl)cc3)cc2)c1C(C#N)O[Si](C)(C)C. The van der Waals surface area contributed by atoms with Gasteiger partial charge in [0.25, 0.3) is 0 Å². The fourth-order valence-corrected chi connectivity index (χ4v) is 5.53. The summed E-state index contributed by atoms with van der Waals surface area (Å²) >= 11 is 6.07. The Hall–Kier alpha value is -3.84. The van der Waals surface area contributed by atoms with Crippen LogP contribution in [0.5, 0.6) is 0 Å². The lowest BCUT2D eigenvalue weighted by Crippen LogP contribution is -2.28. The van der Waals surface area contributed by atoms with Gasteiger partial charge in [-0.2, -0.15) is 10.4 Å². The van der Waals surface area contributed by atoms with Crippen LogP contribution >= 0.6 is 11.6 Å². The molecule has 2 aromatic carbocycles. The van der Waals surface area contributed by atoms with Crippen molar-refractivity contribution in [3.8, 4) is 28.3 Å². The van der Waals surface area contributed by atoms with Crippen molar-refractivity contribution in [2.75, 3.05) is 0 Å². The van der Waals surface area contributed by atoms with E-state index >= 15 is 0 Å². The lowest BCUT2D eigenvalue weighted by molar-refractivity contribution is 0.254. The molecule has 3 heterocycles. The molecule has 0 bridgehead atoms. The third kappa shape index (κ3) is 5.24. The van der Waals surface area contributed by atoms with Crippen LogP contribution in [0.4, 0.5) is 0 Å². The third-order valence-corrected chi connectivity index (χ3v) is 7.37. The van der Waals surface area contributed by atoms with Gasteiger partial charge in [-0.05, 0) is 55.4 Å². The average molecular weight is 542 g/mol. The van der Waals surface area contributed by atoms with Crippen molar-refractivity contribution in [2.24, 2.45) is 7.05 Å². The molecule has 5 aromatic rings. The normalized spacial score (nSPS) is 12.6. The molecule has 0 amide bonds. The smallest absolute Gasteiger partial charge is 0.186 e. The highest BCUT2D eigenvalue weighted by atomic mass is 35.5. The number of nitriles is 1. The zero-order valence-electron chi connectivity index (χ0n) is 22.0. The van der Waals surface area contributed by atoms with Crippen LogP contribution in [0.3, 0.4) is 0 Å². The van der Waals surface area contributed by atoms with Crippen LogP contribution in [0.15, 0.2) is 60.9 Å². The van der Waals surface area contributed by atoms with Crippen LogP contribution in [-0.2, 0) is 18.0 Å². The standard InChI is InChI=1S/C28H28ClN7OSi/c1-18-25(24(14-30)37-38(3,4)5)26(22-8-6-20(7-9-22)21-10-12-23(29)13-11-21)27-28(32-18)36(34-33-27)17-19-15-31-35(2)16-19/h6-13,15-16,24H,17H2,1-5H3. The number of rotatable bonds is 7. The molecule has 0 aliphatic heterocycles. The van der Waals surface area contributed by atoms with Gasteiger partial charge in [-0.25, -0.2) is 9.67 Å². The molecule has 10 heteroatoms. The van der Waals surface area contributed by atoms with Gasteiger partial charge in [-0.3, -0.25) is 4.68 Å². The van der Waals surface area contributed by atoms with Gasteiger partial charge in [0.15, 0.2) is 20.1 Å². The summed E-state index contributed by atoms with van der Waals surface area (Å²) < 4.78 is 9.86. The second-order valence-electron chi connectivity index (χ2n) is 10.3. The first-order valence-corrected chi connectivity index (χ1v) is 16.1. The number of aryl methyl sites for hydroxylation is 2. The zero-order chi connectivity index (χ0) is 27.0. The molecular formula is C28H28ClN7OSi. The minimum Gasteiger partial charge on any atom is -0.399 e. The molecule has 3 aromatic heterocycles. The second-order valence-corrected chi connectivity index (χ2v) is 15.1. The molecule has 192 valence electrons. The molecule has 38 heavy (non-hydrogen) atoms. The van der Waals surface area contributed by atoms with E-state index in [0.29, 0.717) is 28.4 Å². The lowest BCUT2D eigenvalue weighted by atomic mass is 9.93. The number of pyridine rings is 1. The van der Waals surface area contributed by atoms with E-state index in [9.17, 15) is 5.26 Å². The Labute approximate surface area is 227 Å². The van der Waals surface area contributed by atoms with Crippen LogP contribution < -0.4 is 0 Å². The Morgan fingerprint density at radius 1 is 1.03 bits per heavy atom. The largest absolute Gasteiger partial charge is 0.399 e. The number of benzene rings is 2. The third-order valence-electron chi connectivity index (χ3n) is 6.17. The molecule has 0 saturated heterocycles. The van der Waals surface area contributed by atoms with Crippen LogP contribution in [0.2, 0.25) is 24.7 Å². The predicted molar refractivity (Wildman–Crippen MR) is 151 cm³/mol. The number of aromatic nitrogens is 6. The fourth-order valence-electron chi connectivity index (χ4n) is 4.53. The predicted octanol–water partition coefficient (Wildman–Crippen LogP) is 6.32. The Morgan fingerprint density at radius 3 is 2.24 bits per heavy atom. The van der Waals surface area contributed by atoms with E-state index in [1.807, 2.05) is 56.6 Å². The summed E-state index contributed by atoms with van der Waals surface area (Å²) in [6.45, 7) is 8.62. The van der Waals surface area contributed by atoms with E-state index in [2.05, 4.69) is 53.3 Å². The molecule has 8 nitrogen and oxygen atoms in total. The summed E-state index contributed by atoms with van der Waals surface area (Å²) in [5.41, 5.74) is 7.58. The first kappa shape index (κ1) is 25.8. The molecule has 5 rings (SSSR count). The Kier molecular flexibility index (Phi) is 6.88. The van der Waals surface area contributed by atoms with Gasteiger partial charge in [0.2, 0.25) is 0 Å². The van der Waals surface area contributed by atoms with Crippen LogP contribution in [0, 0.1) is 18.3 Å². The Bertz CT molecular complexity index is 1640. The maximum Gasteiger partial charge on any atom is 0.186 e. The van der Waals surface area contributed by atoms with E-state index in [1.54, 1.807) is 15.6 Å². The number of hydrogen-bond donors (Lipinski definition) is 0. The van der Waals surface area contributed by atoms with Crippen LogP contribution in [-0.4, -0.2) is 38.1 Å². The summed E-state index contributed by atoms with van der Waals surface area (Å²) in [7, 11) is -0.172. The summed E-state index contributed by atoms with van der Waals surface area (Å²) in [5.74, 6) is 0. The average Bonchev–Trinajstić information content (AvgIpc) is 3.47. The summed E-state index contributed by atoms with van der Waals surface area (Å²) in [6, 6.07) is 18.3. The van der Waals surface area contributed by atoms with Gasteiger partial charge < -0.3 is 4.43 Å². The first-order valence-electron chi connectivity index (χ1n) is 12.3. The number of nitrogens with zero attached hydrogens (tertiary/aromatic N) is 7. The van der Waals surface area contributed by atoms with Crippen molar-refractivity contribution in [1.82, 2.24) is 29.8 Å². The van der Waals surface area contributed by atoms with Gasteiger partial charge >= 0.3 is 0 Å². The van der Waals surface area contributed by atoms with Crippen molar-refractivity contribution in [3.63, 3.8) is 0 Å². The number of halogens is 1. The molecule has 0 aliphatic rings. The van der Waals surface area contributed by atoms with Crippen molar-refractivity contribution in [1.29, 1.82) is 5.26 Å². The maximum atomic E-state index is 10.2. The van der Waals surface area contributed by atoms with E-state index in [1.165, 1.54) is 0 Å². The van der Waals surface area contributed by atoms with Gasteiger partial charge in [0, 0.05) is 40.7 Å². The highest BCUT2D eigenvalue weighted by Gasteiger charge is 2.29. The molecule has 1 unspecified atom stereocenters. The number of hydrogen-bond acceptors (Lipinski definition) is 6. The first-order chi connectivity index (χ1) is 18.1. The number of fused-ring (bicyclic) bond motifs is 1. The Morgan fingerprint density at radius 2 is 1.66 bits per heavy atom. The fraction of sp³-hybridized carbons (Fsp3) is 0.250. The van der Waals surface area contributed by atoms with Gasteiger partial charge in [-0.1, -0.05) is 53.2 Å². The van der Waals surface area contributed by atoms with E-state index in [-0.39, 0.29) is 0 Å². The quantitative estimate of drug-likeness (QED) is 0.224. The minimum absolute atomic E-state index is 0.484. The van der Waals surface area contributed by atoms with E-state index in [4.69, 9.17) is 21.0 Å². The lowest BCUT2D eigenvalue weighted by Gasteiger charge is -2.25. The molecule has 0 aliphatic carbocycles.